The van der Waals surface area contributed by atoms with Gasteiger partial charge in [0.25, 0.3) is 5.91 Å². The third kappa shape index (κ3) is 2.23. The van der Waals surface area contributed by atoms with Crippen LogP contribution in [0, 0.1) is 0 Å². The lowest BCUT2D eigenvalue weighted by Gasteiger charge is -2.08. The van der Waals surface area contributed by atoms with Gasteiger partial charge in [-0.2, -0.15) is 0 Å². The number of carbonyl (C=O) groups excluding carboxylic acids is 1. The minimum atomic E-state index is -0.236. The third-order valence-electron chi connectivity index (χ3n) is 2.66. The van der Waals surface area contributed by atoms with E-state index in [4.69, 9.17) is 0 Å². The van der Waals surface area contributed by atoms with E-state index in [9.17, 15) is 4.79 Å². The van der Waals surface area contributed by atoms with E-state index < -0.39 is 0 Å². The highest BCUT2D eigenvalue weighted by atomic mass is 16.2. The van der Waals surface area contributed by atoms with Crippen molar-refractivity contribution < 1.29 is 4.79 Å². The Balaban J connectivity index is 1.75. The first-order valence-corrected chi connectivity index (χ1v) is 5.76. The lowest BCUT2D eigenvalue weighted by Crippen LogP contribution is -2.36. The number of hydrogen-bond acceptors (Lipinski definition) is 4. The van der Waals surface area contributed by atoms with Crippen molar-refractivity contribution in [2.24, 2.45) is 0 Å². The van der Waals surface area contributed by atoms with Gasteiger partial charge < -0.3 is 0 Å². The summed E-state index contributed by atoms with van der Waals surface area (Å²) in [5, 5.41) is 7.87. The molecule has 6 nitrogen and oxygen atoms in total. The zero-order valence-corrected chi connectivity index (χ0v) is 9.95. The van der Waals surface area contributed by atoms with Crippen molar-refractivity contribution in [1.29, 1.82) is 0 Å². The summed E-state index contributed by atoms with van der Waals surface area (Å²) in [6, 6.07) is 16.4. The van der Waals surface area contributed by atoms with Crippen molar-refractivity contribution in [3.05, 3.63) is 60.2 Å². The van der Waals surface area contributed by atoms with Crippen molar-refractivity contribution in [3.63, 3.8) is 0 Å². The Bertz CT molecular complexity index is 707. The molecule has 0 spiro atoms. The Morgan fingerprint density at radius 1 is 1.00 bits per heavy atom. The minimum Gasteiger partial charge on any atom is -0.267 e. The molecule has 0 unspecified atom stereocenters. The SMILES string of the molecule is O=C(NNn1nnc2ccccc21)c1ccccc1. The lowest BCUT2D eigenvalue weighted by molar-refractivity contribution is 0.0956. The molecule has 3 rings (SSSR count). The van der Waals surface area contributed by atoms with Crippen LogP contribution in [-0.2, 0) is 0 Å². The number of rotatable bonds is 3. The average molecular weight is 253 g/mol. The van der Waals surface area contributed by atoms with E-state index in [0.29, 0.717) is 5.56 Å². The van der Waals surface area contributed by atoms with E-state index in [1.165, 1.54) is 4.79 Å². The lowest BCUT2D eigenvalue weighted by atomic mass is 10.2. The van der Waals surface area contributed by atoms with Crippen LogP contribution in [0.5, 0.6) is 0 Å². The smallest absolute Gasteiger partial charge is 0.267 e. The molecule has 0 aliphatic carbocycles. The van der Waals surface area contributed by atoms with Crippen LogP contribution in [0.25, 0.3) is 11.0 Å². The van der Waals surface area contributed by atoms with Gasteiger partial charge in [0.2, 0.25) is 0 Å². The molecule has 0 fully saturated rings. The van der Waals surface area contributed by atoms with Crippen LogP contribution in [-0.4, -0.2) is 21.0 Å². The number of fused-ring (bicyclic) bond motifs is 1. The van der Waals surface area contributed by atoms with Gasteiger partial charge in [-0.25, -0.2) is 11.0 Å². The monoisotopic (exact) mass is 253 g/mol. The van der Waals surface area contributed by atoms with Crippen LogP contribution >= 0.6 is 0 Å². The summed E-state index contributed by atoms with van der Waals surface area (Å²) in [4.78, 5) is 13.3. The van der Waals surface area contributed by atoms with Crippen LogP contribution in [0.2, 0.25) is 0 Å². The van der Waals surface area contributed by atoms with Crippen LogP contribution in [0.4, 0.5) is 0 Å². The number of para-hydroxylation sites is 1. The third-order valence-corrected chi connectivity index (χ3v) is 2.66. The van der Waals surface area contributed by atoms with E-state index >= 15 is 0 Å². The number of hydrogen-bond donors (Lipinski definition) is 2. The second-order valence-corrected chi connectivity index (χ2v) is 3.92. The average Bonchev–Trinajstić information content (AvgIpc) is 2.89. The predicted molar refractivity (Wildman–Crippen MR) is 70.8 cm³/mol. The molecule has 0 bridgehead atoms. The summed E-state index contributed by atoms with van der Waals surface area (Å²) in [6.45, 7) is 0. The van der Waals surface area contributed by atoms with Gasteiger partial charge in [0, 0.05) is 5.56 Å². The number of benzene rings is 2. The molecule has 94 valence electrons. The molecule has 1 aromatic heterocycles. The zero-order chi connectivity index (χ0) is 13.1. The van der Waals surface area contributed by atoms with E-state index in [1.807, 2.05) is 30.3 Å². The Morgan fingerprint density at radius 2 is 1.74 bits per heavy atom. The Morgan fingerprint density at radius 3 is 2.58 bits per heavy atom. The largest absolute Gasteiger partial charge is 0.270 e. The molecule has 2 N–H and O–H groups in total. The summed E-state index contributed by atoms with van der Waals surface area (Å²) in [7, 11) is 0. The zero-order valence-electron chi connectivity index (χ0n) is 9.95. The number of hydrazine groups is 1. The van der Waals surface area contributed by atoms with Crippen LogP contribution in [0.3, 0.4) is 0 Å². The Labute approximate surface area is 109 Å². The minimum absolute atomic E-state index is 0.236. The predicted octanol–water partition coefficient (Wildman–Crippen LogP) is 1.32. The summed E-state index contributed by atoms with van der Waals surface area (Å²) in [5.41, 5.74) is 7.38. The fraction of sp³-hybridized carbons (Fsp3) is 0. The van der Waals surface area contributed by atoms with E-state index in [0.717, 1.165) is 11.0 Å². The topological polar surface area (TPSA) is 71.8 Å². The molecular formula is C13H11N5O. The Kier molecular flexibility index (Phi) is 2.82. The molecule has 0 aliphatic heterocycles. The van der Waals surface area contributed by atoms with Gasteiger partial charge in [0.1, 0.15) is 11.0 Å². The molecular weight excluding hydrogens is 242 g/mol. The molecule has 0 radical (unpaired) electrons. The van der Waals surface area contributed by atoms with Crippen molar-refractivity contribution in [1.82, 2.24) is 20.5 Å². The van der Waals surface area contributed by atoms with Crippen LogP contribution < -0.4 is 11.0 Å². The number of nitrogens with zero attached hydrogens (tertiary/aromatic N) is 3. The fourth-order valence-corrected chi connectivity index (χ4v) is 1.72. The molecule has 0 saturated carbocycles. The number of carbonyl (C=O) groups is 1. The number of aromatic nitrogens is 3. The highest BCUT2D eigenvalue weighted by molar-refractivity contribution is 5.94. The van der Waals surface area contributed by atoms with Gasteiger partial charge in [-0.05, 0) is 29.5 Å². The van der Waals surface area contributed by atoms with Crippen LogP contribution in [0.15, 0.2) is 54.6 Å². The van der Waals surface area contributed by atoms with Crippen molar-refractivity contribution >= 4 is 16.9 Å². The molecule has 1 heterocycles. The first-order chi connectivity index (χ1) is 9.34. The second kappa shape index (κ2) is 4.77. The van der Waals surface area contributed by atoms with Gasteiger partial charge in [-0.15, -0.1) is 9.89 Å². The molecule has 6 heteroatoms. The highest BCUT2D eigenvalue weighted by Crippen LogP contribution is 2.07. The summed E-state index contributed by atoms with van der Waals surface area (Å²) in [5.74, 6) is -0.236. The van der Waals surface area contributed by atoms with Crippen molar-refractivity contribution in [2.75, 3.05) is 5.53 Å². The van der Waals surface area contributed by atoms with Crippen molar-refractivity contribution in [2.45, 2.75) is 0 Å². The summed E-state index contributed by atoms with van der Waals surface area (Å²) >= 11 is 0. The van der Waals surface area contributed by atoms with Gasteiger partial charge in [-0.3, -0.25) is 4.79 Å². The number of amides is 1. The highest BCUT2D eigenvalue weighted by Gasteiger charge is 2.06. The maximum Gasteiger partial charge on any atom is 0.270 e. The molecule has 2 aromatic carbocycles. The van der Waals surface area contributed by atoms with E-state index in [1.54, 1.807) is 24.3 Å². The molecule has 0 aliphatic rings. The molecule has 1 amide bonds. The maximum atomic E-state index is 11.8. The summed E-state index contributed by atoms with van der Waals surface area (Å²) < 4.78 is 0. The molecule has 3 aromatic rings. The standard InChI is InChI=1S/C13H11N5O/c19-13(10-6-2-1-3-7-10)15-17-18-12-9-5-4-8-11(12)14-16-18/h1-9,17H,(H,15,19). The van der Waals surface area contributed by atoms with Gasteiger partial charge in [0.15, 0.2) is 0 Å². The maximum absolute atomic E-state index is 11.8. The second-order valence-electron chi connectivity index (χ2n) is 3.92. The van der Waals surface area contributed by atoms with E-state index in [-0.39, 0.29) is 5.91 Å². The quantitative estimate of drug-likeness (QED) is 0.690. The molecule has 0 atom stereocenters. The fourth-order valence-electron chi connectivity index (χ4n) is 1.72. The van der Waals surface area contributed by atoms with E-state index in [2.05, 4.69) is 21.3 Å². The van der Waals surface area contributed by atoms with Gasteiger partial charge in [0.05, 0.1) is 0 Å². The normalized spacial score (nSPS) is 10.3. The van der Waals surface area contributed by atoms with Crippen molar-refractivity contribution in [3.8, 4) is 0 Å². The molecule has 0 saturated heterocycles. The first kappa shape index (κ1) is 11.2. The number of nitrogens with one attached hydrogen (secondary N) is 2. The van der Waals surface area contributed by atoms with Gasteiger partial charge >= 0.3 is 0 Å². The van der Waals surface area contributed by atoms with Gasteiger partial charge in [-0.1, -0.05) is 30.3 Å². The molecule has 19 heavy (non-hydrogen) atoms. The van der Waals surface area contributed by atoms with Crippen LogP contribution in [0.1, 0.15) is 10.4 Å². The first-order valence-electron chi connectivity index (χ1n) is 5.76. The summed E-state index contributed by atoms with van der Waals surface area (Å²) in [6.07, 6.45) is 0. The Hall–Kier alpha value is -2.89.